The quantitative estimate of drug-likeness (QED) is 0.385. The molecule has 0 saturated carbocycles. The van der Waals surface area contributed by atoms with Gasteiger partial charge in [-0.2, -0.15) is 0 Å². The van der Waals surface area contributed by atoms with Crippen molar-refractivity contribution >= 4 is 57.7 Å². The molecule has 0 atom stereocenters. The monoisotopic (exact) mass is 547 g/mol. The van der Waals surface area contributed by atoms with Gasteiger partial charge in [0.15, 0.2) is 18.1 Å². The average Bonchev–Trinajstić information content (AvgIpc) is 2.90. The van der Waals surface area contributed by atoms with E-state index in [-0.39, 0.29) is 23.4 Å². The summed E-state index contributed by atoms with van der Waals surface area (Å²) in [6.07, 6.45) is 0. The van der Waals surface area contributed by atoms with Crippen LogP contribution in [0.2, 0.25) is 10.0 Å². The zero-order valence-electron chi connectivity index (χ0n) is 19.5. The highest BCUT2D eigenvalue weighted by molar-refractivity contribution is 7.80. The number of carbonyl (C=O) groups is 1. The molecule has 4 rings (SSSR count). The van der Waals surface area contributed by atoms with Crippen molar-refractivity contribution in [1.29, 1.82) is 0 Å². The fraction of sp³-hybridized carbons (Fsp3) is 0.231. The molecule has 1 aliphatic rings. The first-order valence-corrected chi connectivity index (χ1v) is 12.4. The molecule has 1 N–H and O–H groups in total. The Labute approximate surface area is 224 Å². The molecule has 6 nitrogen and oxygen atoms in total. The number of nitrogens with zero attached hydrogens (tertiary/aromatic N) is 2. The van der Waals surface area contributed by atoms with Crippen molar-refractivity contribution in [2.24, 2.45) is 0 Å². The summed E-state index contributed by atoms with van der Waals surface area (Å²) in [4.78, 5) is 17.4. The lowest BCUT2D eigenvalue weighted by molar-refractivity contribution is -0.118. The zero-order valence-corrected chi connectivity index (χ0v) is 21.8. The van der Waals surface area contributed by atoms with E-state index < -0.39 is 0 Å². The number of methoxy groups -OCH3 is 1. The Hall–Kier alpha value is -3.07. The third kappa shape index (κ3) is 6.19. The predicted molar refractivity (Wildman–Crippen MR) is 145 cm³/mol. The van der Waals surface area contributed by atoms with Crippen LogP contribution in [0.5, 0.6) is 11.5 Å². The standard InChI is InChI=1S/C26H24Cl2FN3O3S/c1-34-23-15-17(26(36)32-13-11-31(12-14-32)19-8-6-18(29)7-9-19)5-10-22(23)35-16-24(33)30-21-4-2-3-20(27)25(21)28/h2-10,15H,11-14,16H2,1H3,(H,30,33). The van der Waals surface area contributed by atoms with Crippen molar-refractivity contribution in [3.05, 3.63) is 82.1 Å². The SMILES string of the molecule is COc1cc(C(=S)N2CCN(c3ccc(F)cc3)CC2)ccc1OCC(=O)Nc1cccc(Cl)c1Cl. The molecule has 1 saturated heterocycles. The van der Waals surface area contributed by atoms with Crippen LogP contribution in [-0.4, -0.2) is 55.7 Å². The number of halogens is 3. The highest BCUT2D eigenvalue weighted by Gasteiger charge is 2.21. The molecule has 3 aromatic carbocycles. The maximum Gasteiger partial charge on any atom is 0.262 e. The number of rotatable bonds is 7. The van der Waals surface area contributed by atoms with Gasteiger partial charge in [0.05, 0.1) is 22.8 Å². The van der Waals surface area contributed by atoms with Crippen molar-refractivity contribution in [2.75, 3.05) is 50.1 Å². The Bertz CT molecular complexity index is 1250. The van der Waals surface area contributed by atoms with E-state index in [9.17, 15) is 9.18 Å². The van der Waals surface area contributed by atoms with Crippen LogP contribution in [0.25, 0.3) is 0 Å². The molecule has 0 unspecified atom stereocenters. The Balaban J connectivity index is 1.34. The van der Waals surface area contributed by atoms with Gasteiger partial charge in [0.1, 0.15) is 10.8 Å². The summed E-state index contributed by atoms with van der Waals surface area (Å²) in [7, 11) is 1.53. The van der Waals surface area contributed by atoms with Gasteiger partial charge in [-0.25, -0.2) is 4.39 Å². The molecule has 0 spiro atoms. The summed E-state index contributed by atoms with van der Waals surface area (Å²) in [6, 6.07) is 16.9. The fourth-order valence-electron chi connectivity index (χ4n) is 3.85. The summed E-state index contributed by atoms with van der Waals surface area (Å²) in [5, 5.41) is 3.29. The fourth-order valence-corrected chi connectivity index (χ4v) is 4.51. The van der Waals surface area contributed by atoms with Crippen LogP contribution in [0, 0.1) is 5.82 Å². The van der Waals surface area contributed by atoms with Gasteiger partial charge >= 0.3 is 0 Å². The summed E-state index contributed by atoms with van der Waals surface area (Å²) in [5.74, 6) is 0.247. The predicted octanol–water partition coefficient (Wildman–Crippen LogP) is 5.66. The number of hydrogen-bond donors (Lipinski definition) is 1. The number of piperazine rings is 1. The molecule has 1 fully saturated rings. The second kappa shape index (κ2) is 11.8. The molecule has 1 amide bonds. The lowest BCUT2D eigenvalue weighted by atomic mass is 10.1. The van der Waals surface area contributed by atoms with Crippen LogP contribution in [0.1, 0.15) is 5.56 Å². The van der Waals surface area contributed by atoms with E-state index in [0.717, 1.165) is 37.4 Å². The molecule has 0 radical (unpaired) electrons. The first kappa shape index (κ1) is 26.0. The van der Waals surface area contributed by atoms with Crippen molar-refractivity contribution in [2.45, 2.75) is 0 Å². The lowest BCUT2D eigenvalue weighted by Gasteiger charge is -2.37. The molecular formula is C26H24Cl2FN3O3S. The van der Waals surface area contributed by atoms with Gasteiger partial charge in [-0.1, -0.05) is 41.5 Å². The van der Waals surface area contributed by atoms with Crippen molar-refractivity contribution in [3.8, 4) is 11.5 Å². The largest absolute Gasteiger partial charge is 0.493 e. The summed E-state index contributed by atoms with van der Waals surface area (Å²) in [5.41, 5.74) is 2.22. The molecule has 36 heavy (non-hydrogen) atoms. The maximum atomic E-state index is 13.2. The van der Waals surface area contributed by atoms with E-state index >= 15 is 0 Å². The smallest absolute Gasteiger partial charge is 0.262 e. The lowest BCUT2D eigenvalue weighted by Crippen LogP contribution is -2.48. The minimum Gasteiger partial charge on any atom is -0.493 e. The third-order valence-corrected chi connectivity index (χ3v) is 7.07. The van der Waals surface area contributed by atoms with Crippen LogP contribution >= 0.6 is 35.4 Å². The van der Waals surface area contributed by atoms with E-state index in [1.807, 2.05) is 6.07 Å². The molecule has 188 valence electrons. The molecular weight excluding hydrogens is 524 g/mol. The number of hydrogen-bond acceptors (Lipinski definition) is 5. The van der Waals surface area contributed by atoms with Gasteiger partial charge in [-0.3, -0.25) is 4.79 Å². The first-order valence-electron chi connectivity index (χ1n) is 11.2. The van der Waals surface area contributed by atoms with Gasteiger partial charge in [-0.05, 0) is 54.6 Å². The molecule has 0 bridgehead atoms. The van der Waals surface area contributed by atoms with Gasteiger partial charge in [0.25, 0.3) is 5.91 Å². The topological polar surface area (TPSA) is 54.0 Å². The van der Waals surface area contributed by atoms with Crippen molar-refractivity contribution in [1.82, 2.24) is 4.90 Å². The number of carbonyl (C=O) groups excluding carboxylic acids is 1. The number of amides is 1. The minimum atomic E-state index is -0.389. The van der Waals surface area contributed by atoms with E-state index in [4.69, 9.17) is 44.9 Å². The van der Waals surface area contributed by atoms with Crippen LogP contribution in [0.4, 0.5) is 15.8 Å². The third-order valence-electron chi connectivity index (χ3n) is 5.75. The summed E-state index contributed by atoms with van der Waals surface area (Å²) in [6.45, 7) is 2.78. The van der Waals surface area contributed by atoms with Crippen LogP contribution < -0.4 is 19.7 Å². The van der Waals surface area contributed by atoms with E-state index in [1.54, 1.807) is 42.5 Å². The number of benzene rings is 3. The van der Waals surface area contributed by atoms with Gasteiger partial charge in [-0.15, -0.1) is 0 Å². The summed E-state index contributed by atoms with van der Waals surface area (Å²) >= 11 is 17.8. The molecule has 3 aromatic rings. The van der Waals surface area contributed by atoms with Gasteiger partial charge < -0.3 is 24.6 Å². The number of anilines is 2. The first-order chi connectivity index (χ1) is 17.4. The second-order valence-electron chi connectivity index (χ2n) is 8.06. The van der Waals surface area contributed by atoms with E-state index in [0.29, 0.717) is 27.2 Å². The second-order valence-corrected chi connectivity index (χ2v) is 9.23. The molecule has 1 aliphatic heterocycles. The normalized spacial score (nSPS) is 13.3. The van der Waals surface area contributed by atoms with Crippen molar-refractivity contribution < 1.29 is 18.7 Å². The highest BCUT2D eigenvalue weighted by Crippen LogP contribution is 2.31. The van der Waals surface area contributed by atoms with Crippen molar-refractivity contribution in [3.63, 3.8) is 0 Å². The van der Waals surface area contributed by atoms with Crippen LogP contribution in [0.3, 0.4) is 0 Å². The maximum absolute atomic E-state index is 13.2. The number of thiocarbonyl (C=S) groups is 1. The van der Waals surface area contributed by atoms with E-state index in [2.05, 4.69) is 15.1 Å². The van der Waals surface area contributed by atoms with Gasteiger partial charge in [0, 0.05) is 37.4 Å². The number of nitrogens with one attached hydrogen (secondary N) is 1. The summed E-state index contributed by atoms with van der Waals surface area (Å²) < 4.78 is 24.4. The molecule has 10 heteroatoms. The Morgan fingerprint density at radius 1 is 1.03 bits per heavy atom. The Kier molecular flexibility index (Phi) is 8.51. The zero-order chi connectivity index (χ0) is 25.7. The molecule has 0 aromatic heterocycles. The Morgan fingerprint density at radius 3 is 2.44 bits per heavy atom. The average molecular weight is 548 g/mol. The van der Waals surface area contributed by atoms with Crippen LogP contribution in [0.15, 0.2) is 60.7 Å². The Morgan fingerprint density at radius 2 is 1.75 bits per heavy atom. The molecule has 0 aliphatic carbocycles. The highest BCUT2D eigenvalue weighted by atomic mass is 35.5. The molecule has 1 heterocycles. The van der Waals surface area contributed by atoms with Gasteiger partial charge in [0.2, 0.25) is 0 Å². The van der Waals surface area contributed by atoms with E-state index in [1.165, 1.54) is 19.2 Å². The van der Waals surface area contributed by atoms with Crippen LogP contribution in [-0.2, 0) is 4.79 Å². The minimum absolute atomic E-state index is 0.242. The number of ether oxygens (including phenoxy) is 2.